The van der Waals surface area contributed by atoms with Crippen LogP contribution in [0, 0.1) is 0 Å². The predicted octanol–water partition coefficient (Wildman–Crippen LogP) is 10.4. The van der Waals surface area contributed by atoms with Crippen molar-refractivity contribution in [2.24, 2.45) is 0 Å². The minimum Gasteiger partial charge on any atom is -0.394 e. The fourth-order valence-electron chi connectivity index (χ4n) is 8.32. The zero-order valence-corrected chi connectivity index (χ0v) is 42.2. The summed E-state index contributed by atoms with van der Waals surface area (Å²) in [6.45, 7) is 3.23. The van der Waals surface area contributed by atoms with Crippen LogP contribution in [0.3, 0.4) is 0 Å². The summed E-state index contributed by atoms with van der Waals surface area (Å²) < 4.78 is 47.6. The molecule has 0 spiro atoms. The highest BCUT2D eigenvalue weighted by Crippen LogP contribution is 2.26. The summed E-state index contributed by atoms with van der Waals surface area (Å²) in [4.78, 5) is 13.2. The van der Waals surface area contributed by atoms with E-state index in [1.807, 2.05) is 6.08 Å². The highest BCUT2D eigenvalue weighted by molar-refractivity contribution is 7.80. The summed E-state index contributed by atoms with van der Waals surface area (Å²) in [5.41, 5.74) is 0. The highest BCUT2D eigenvalue weighted by Gasteiger charge is 2.48. The van der Waals surface area contributed by atoms with Crippen LogP contribution in [0.5, 0.6) is 0 Å². The van der Waals surface area contributed by atoms with Gasteiger partial charge in [0.1, 0.15) is 30.5 Å². The first kappa shape index (κ1) is 62.3. The average Bonchev–Trinajstić information content (AvgIpc) is 3.29. The van der Waals surface area contributed by atoms with Gasteiger partial charge < -0.3 is 40.3 Å². The first-order valence-corrected chi connectivity index (χ1v) is 27.8. The monoisotopic (exact) mass is 960 g/mol. The summed E-state index contributed by atoms with van der Waals surface area (Å²) in [5, 5.41) is 55.4. The van der Waals surface area contributed by atoms with Gasteiger partial charge in [-0.25, -0.2) is 4.18 Å². The number of carbonyl (C=O) groups is 1. The van der Waals surface area contributed by atoms with E-state index in [0.717, 1.165) is 64.2 Å². The molecule has 1 rings (SSSR count). The summed E-state index contributed by atoms with van der Waals surface area (Å²) in [5.74, 6) is -0.709. The van der Waals surface area contributed by atoms with E-state index >= 15 is 0 Å². The van der Waals surface area contributed by atoms with Gasteiger partial charge in [0.15, 0.2) is 6.29 Å². The Morgan fingerprint density at radius 3 is 1.48 bits per heavy atom. The van der Waals surface area contributed by atoms with E-state index in [2.05, 4.69) is 47.7 Å². The van der Waals surface area contributed by atoms with Gasteiger partial charge in [0, 0.05) is 0 Å². The second-order valence-corrected chi connectivity index (χ2v) is 19.7. The Bertz CT molecular complexity index is 1330. The fourth-order valence-corrected chi connectivity index (χ4v) is 8.82. The molecule has 1 saturated heterocycles. The lowest BCUT2D eigenvalue weighted by molar-refractivity contribution is -0.298. The quantitative estimate of drug-likeness (QED) is 0.0173. The number of amides is 1. The number of aliphatic hydroxyl groups is 5. The van der Waals surface area contributed by atoms with Crippen LogP contribution in [0.1, 0.15) is 226 Å². The summed E-state index contributed by atoms with van der Waals surface area (Å²) in [6.07, 6.45) is 39.3. The van der Waals surface area contributed by atoms with Crippen molar-refractivity contribution in [1.82, 2.24) is 5.32 Å². The SMILES string of the molecule is CCCCCCCCCCC/C=C\C/C=C\CCCCCCCCC(O)C(=O)NC(COC1OC(CO)C(O)C(OS(=O)(=O)O)C1O)C(O)/C=C/CCCCCCCCCCCCCCC. The van der Waals surface area contributed by atoms with Crippen LogP contribution in [-0.2, 0) is 28.9 Å². The number of nitrogens with one attached hydrogen (secondary N) is 1. The van der Waals surface area contributed by atoms with Gasteiger partial charge in [-0.05, 0) is 51.4 Å². The van der Waals surface area contributed by atoms with Gasteiger partial charge in [0.25, 0.3) is 0 Å². The van der Waals surface area contributed by atoms with E-state index in [0.29, 0.717) is 12.8 Å². The molecule has 13 nitrogen and oxygen atoms in total. The molecular weight excluding hydrogens is 863 g/mol. The molecule has 0 radical (unpaired) electrons. The maximum absolute atomic E-state index is 13.2. The molecule has 66 heavy (non-hydrogen) atoms. The van der Waals surface area contributed by atoms with E-state index in [-0.39, 0.29) is 6.42 Å². The van der Waals surface area contributed by atoms with E-state index in [9.17, 15) is 43.3 Å². The van der Waals surface area contributed by atoms with Gasteiger partial charge in [-0.2, -0.15) is 8.42 Å². The zero-order chi connectivity index (χ0) is 48.5. The Hall–Kier alpha value is -1.72. The van der Waals surface area contributed by atoms with Gasteiger partial charge in [-0.3, -0.25) is 9.35 Å². The standard InChI is InChI=1S/C52H97NO12S/c1-3-5-7-9-11-13-15-17-19-20-21-22-23-24-25-27-29-31-33-35-37-39-41-46(56)51(59)53-44(43-63-52-49(58)50(65-66(60,61)62)48(57)47(42-54)64-52)45(55)40-38-36-34-32-30-28-26-18-16-14-12-10-8-6-4-2/h21-22,24-25,38,40,44-50,52,54-58H,3-20,23,26-37,39,41-43H2,1-2H3,(H,53,59)(H,60,61,62)/b22-21-,25-24-,40-38+. The van der Waals surface area contributed by atoms with Crippen LogP contribution < -0.4 is 5.32 Å². The highest BCUT2D eigenvalue weighted by atomic mass is 32.3. The third-order valence-electron chi connectivity index (χ3n) is 12.5. The molecule has 0 aromatic carbocycles. The molecule has 7 N–H and O–H groups in total. The average molecular weight is 960 g/mol. The number of ether oxygens (including phenoxy) is 2. The van der Waals surface area contributed by atoms with E-state index in [1.54, 1.807) is 0 Å². The molecule has 0 aromatic rings. The van der Waals surface area contributed by atoms with Crippen molar-refractivity contribution < 1.29 is 57.0 Å². The lowest BCUT2D eigenvalue weighted by atomic mass is 9.99. The molecule has 1 amide bonds. The molecule has 1 aliphatic heterocycles. The smallest absolute Gasteiger partial charge is 0.394 e. The van der Waals surface area contributed by atoms with Gasteiger partial charge in [0.05, 0.1) is 25.4 Å². The number of hydrogen-bond acceptors (Lipinski definition) is 11. The number of unbranched alkanes of at least 4 members (excludes halogenated alkanes) is 28. The lowest BCUT2D eigenvalue weighted by Gasteiger charge is -2.41. The number of rotatable bonds is 45. The number of carbonyl (C=O) groups excluding carboxylic acids is 1. The fraction of sp³-hybridized carbons (Fsp3) is 0.865. The van der Waals surface area contributed by atoms with E-state index in [4.69, 9.17) is 9.47 Å². The van der Waals surface area contributed by atoms with Crippen LogP contribution in [-0.4, -0.2) is 107 Å². The molecule has 1 fully saturated rings. The molecule has 0 aromatic heterocycles. The van der Waals surface area contributed by atoms with E-state index < -0.39 is 78.5 Å². The second kappa shape index (κ2) is 42.2. The van der Waals surface area contributed by atoms with Crippen molar-refractivity contribution in [3.8, 4) is 0 Å². The topological polar surface area (TPSA) is 212 Å². The maximum Gasteiger partial charge on any atom is 0.397 e. The van der Waals surface area contributed by atoms with Gasteiger partial charge in [-0.15, -0.1) is 0 Å². The molecule has 14 heteroatoms. The van der Waals surface area contributed by atoms with Crippen molar-refractivity contribution in [3.05, 3.63) is 36.5 Å². The summed E-state index contributed by atoms with van der Waals surface area (Å²) in [6, 6.07) is -1.12. The summed E-state index contributed by atoms with van der Waals surface area (Å²) in [7, 11) is -5.12. The minimum absolute atomic E-state index is 0.231. The Kier molecular flexibility index (Phi) is 39.8. The van der Waals surface area contributed by atoms with Crippen LogP contribution in [0.4, 0.5) is 0 Å². The molecule has 8 unspecified atom stereocenters. The summed E-state index contributed by atoms with van der Waals surface area (Å²) >= 11 is 0. The number of allylic oxidation sites excluding steroid dienone is 5. The molecule has 0 aliphatic carbocycles. The van der Waals surface area contributed by atoms with Crippen LogP contribution >= 0.6 is 0 Å². The Labute approximate surface area is 401 Å². The zero-order valence-electron chi connectivity index (χ0n) is 41.4. The molecule has 1 aliphatic rings. The minimum atomic E-state index is -5.12. The second-order valence-electron chi connectivity index (χ2n) is 18.6. The van der Waals surface area contributed by atoms with Crippen molar-refractivity contribution in [2.75, 3.05) is 13.2 Å². The van der Waals surface area contributed by atoms with Crippen LogP contribution in [0.15, 0.2) is 36.5 Å². The third-order valence-corrected chi connectivity index (χ3v) is 13.0. The lowest BCUT2D eigenvalue weighted by Crippen LogP contribution is -2.61. The number of aliphatic hydroxyl groups excluding tert-OH is 5. The van der Waals surface area contributed by atoms with Gasteiger partial charge in [0.2, 0.25) is 5.91 Å². The van der Waals surface area contributed by atoms with Crippen molar-refractivity contribution in [3.63, 3.8) is 0 Å². The van der Waals surface area contributed by atoms with Crippen LogP contribution in [0.2, 0.25) is 0 Å². The third kappa shape index (κ3) is 33.7. The molecule has 8 atom stereocenters. The maximum atomic E-state index is 13.2. The predicted molar refractivity (Wildman–Crippen MR) is 265 cm³/mol. The largest absolute Gasteiger partial charge is 0.397 e. The molecule has 0 bridgehead atoms. The van der Waals surface area contributed by atoms with Crippen molar-refractivity contribution in [2.45, 2.75) is 275 Å². The van der Waals surface area contributed by atoms with Gasteiger partial charge in [-0.1, -0.05) is 211 Å². The van der Waals surface area contributed by atoms with E-state index in [1.165, 1.54) is 134 Å². The molecule has 0 saturated carbocycles. The van der Waals surface area contributed by atoms with Gasteiger partial charge >= 0.3 is 10.4 Å². The molecule has 388 valence electrons. The Morgan fingerprint density at radius 1 is 0.621 bits per heavy atom. The van der Waals surface area contributed by atoms with Crippen LogP contribution in [0.25, 0.3) is 0 Å². The Balaban J connectivity index is 2.49. The van der Waals surface area contributed by atoms with Crippen molar-refractivity contribution >= 4 is 16.3 Å². The Morgan fingerprint density at radius 2 is 1.05 bits per heavy atom. The first-order valence-electron chi connectivity index (χ1n) is 26.5. The molecule has 1 heterocycles. The first-order chi connectivity index (χ1) is 31.9. The molecular formula is C52H97NO12S. The van der Waals surface area contributed by atoms with Crippen molar-refractivity contribution in [1.29, 1.82) is 0 Å². The number of hydrogen-bond donors (Lipinski definition) is 7. The normalized spacial score (nSPS) is 20.8.